The zero-order chi connectivity index (χ0) is 49.9. The van der Waals surface area contributed by atoms with E-state index in [-0.39, 0.29) is 19.1 Å². The lowest BCUT2D eigenvalue weighted by Crippen LogP contribution is -2.45. The van der Waals surface area contributed by atoms with E-state index < -0.39 is 20.0 Å². The smallest absolute Gasteiger partial charge is 0.387 e. The maximum atomic E-state index is 13.0. The Bertz CT molecular complexity index is 1290. The minimum absolute atomic E-state index is 0.0524. The molecule has 0 aromatic carbocycles. The normalized spacial score (nSPS) is 14.4. The van der Waals surface area contributed by atoms with Crippen LogP contribution in [-0.2, 0) is 18.4 Å². The molecule has 8 nitrogen and oxygen atoms in total. The van der Waals surface area contributed by atoms with Crippen molar-refractivity contribution in [2.75, 3.05) is 40.9 Å². The van der Waals surface area contributed by atoms with Crippen molar-refractivity contribution in [3.8, 4) is 0 Å². The Morgan fingerprint density at radius 2 is 0.853 bits per heavy atom. The monoisotopic (exact) mass is 976 g/mol. The number of aliphatic hydroxyl groups excluding tert-OH is 1. The Balaban J connectivity index is 4.13. The van der Waals surface area contributed by atoms with Crippen molar-refractivity contribution in [2.45, 2.75) is 270 Å². The van der Waals surface area contributed by atoms with E-state index >= 15 is 0 Å². The summed E-state index contributed by atoms with van der Waals surface area (Å²) in [5.74, 6) is -0.191. The predicted octanol–water partition coefficient (Wildman–Crippen LogP) is 17.3. The third kappa shape index (κ3) is 52.0. The molecule has 0 aliphatic heterocycles. The Kier molecular flexibility index (Phi) is 48.8. The predicted molar refractivity (Wildman–Crippen MR) is 295 cm³/mol. The first-order chi connectivity index (χ1) is 33.0. The number of phosphoric ester groups is 1. The standard InChI is InChI=1S/C59H111N2O6P/c1-6-8-10-12-14-16-18-20-22-23-24-25-26-27-28-29-30-31-32-33-34-35-36-37-39-41-43-45-47-49-51-53-59(63)60-57(56-67-68(64,65)66-55-54-61(3,4)5)58(62)52-50-48-46-44-42-40-38-21-19-17-15-13-11-9-7-2/h19,21,24-25,27-28,42,44,50,52,57-58,62H,6-18,20,22-23,26,29-41,43,45-49,51,53-56H2,1-5H3,(H-,60,63,64,65)/p+1/b21-19+,25-24-,28-27-,44-42+,52-50+. The number of quaternary nitrogens is 1. The molecule has 0 bridgehead atoms. The van der Waals surface area contributed by atoms with Gasteiger partial charge in [0.1, 0.15) is 13.2 Å². The molecule has 0 aromatic rings. The van der Waals surface area contributed by atoms with Gasteiger partial charge >= 0.3 is 7.82 Å². The molecule has 398 valence electrons. The van der Waals surface area contributed by atoms with Gasteiger partial charge in [0.2, 0.25) is 5.91 Å². The van der Waals surface area contributed by atoms with Gasteiger partial charge in [0.25, 0.3) is 0 Å². The second-order valence-electron chi connectivity index (χ2n) is 20.6. The number of phosphoric acid groups is 1. The molecule has 3 N–H and O–H groups in total. The molecule has 3 unspecified atom stereocenters. The first-order valence-electron chi connectivity index (χ1n) is 28.7. The molecule has 68 heavy (non-hydrogen) atoms. The van der Waals surface area contributed by atoms with E-state index in [4.69, 9.17) is 9.05 Å². The van der Waals surface area contributed by atoms with E-state index in [2.05, 4.69) is 67.8 Å². The number of hydrogen-bond donors (Lipinski definition) is 3. The van der Waals surface area contributed by atoms with Crippen LogP contribution in [0.25, 0.3) is 0 Å². The second-order valence-corrected chi connectivity index (χ2v) is 22.1. The summed E-state index contributed by atoms with van der Waals surface area (Å²) < 4.78 is 23.6. The van der Waals surface area contributed by atoms with Crippen molar-refractivity contribution in [2.24, 2.45) is 0 Å². The van der Waals surface area contributed by atoms with Crippen LogP contribution in [0.5, 0.6) is 0 Å². The zero-order valence-electron chi connectivity index (χ0n) is 45.3. The summed E-state index contributed by atoms with van der Waals surface area (Å²) in [5.41, 5.74) is 0. The lowest BCUT2D eigenvalue weighted by Gasteiger charge is -2.25. The molecule has 0 aliphatic carbocycles. The van der Waals surface area contributed by atoms with Crippen LogP contribution in [0, 0.1) is 0 Å². The minimum atomic E-state index is -4.36. The summed E-state index contributed by atoms with van der Waals surface area (Å²) >= 11 is 0. The number of carbonyl (C=O) groups is 1. The molecule has 9 heteroatoms. The van der Waals surface area contributed by atoms with Gasteiger partial charge in [-0.25, -0.2) is 4.57 Å². The summed E-state index contributed by atoms with van der Waals surface area (Å²) in [6, 6.07) is -0.871. The molecular formula is C59H112N2O6P+. The molecular weight excluding hydrogens is 864 g/mol. The van der Waals surface area contributed by atoms with Gasteiger partial charge in [-0.2, -0.15) is 0 Å². The van der Waals surface area contributed by atoms with Crippen molar-refractivity contribution < 1.29 is 32.9 Å². The molecule has 0 fully saturated rings. The zero-order valence-corrected chi connectivity index (χ0v) is 46.2. The van der Waals surface area contributed by atoms with Crippen LogP contribution in [0.1, 0.15) is 258 Å². The molecule has 3 atom stereocenters. The van der Waals surface area contributed by atoms with Crippen LogP contribution in [0.2, 0.25) is 0 Å². The van der Waals surface area contributed by atoms with E-state index in [9.17, 15) is 19.4 Å². The average Bonchev–Trinajstić information content (AvgIpc) is 3.30. The molecule has 0 saturated heterocycles. The fourth-order valence-electron chi connectivity index (χ4n) is 8.16. The van der Waals surface area contributed by atoms with Gasteiger partial charge in [0, 0.05) is 6.42 Å². The minimum Gasteiger partial charge on any atom is -0.387 e. The first kappa shape index (κ1) is 66.2. The first-order valence-corrected chi connectivity index (χ1v) is 30.2. The number of aliphatic hydroxyl groups is 1. The largest absolute Gasteiger partial charge is 0.472 e. The van der Waals surface area contributed by atoms with E-state index in [0.29, 0.717) is 17.4 Å². The number of nitrogens with zero attached hydrogens (tertiary/aromatic N) is 1. The van der Waals surface area contributed by atoms with Crippen LogP contribution < -0.4 is 5.32 Å². The molecule has 0 aromatic heterocycles. The number of amides is 1. The SMILES string of the molecule is CCCCCCC/C=C/CC/C=C/CC/C=C/C(O)C(COP(=O)(O)OCC[N+](C)(C)C)NC(=O)CCCCCCCCCCCCCCCCC/C=C\C/C=C\CCCCCCCCCCC. The van der Waals surface area contributed by atoms with Crippen molar-refractivity contribution >= 4 is 13.7 Å². The third-order valence-corrected chi connectivity index (χ3v) is 13.7. The molecule has 0 radical (unpaired) electrons. The Hall–Kier alpha value is -1.80. The third-order valence-electron chi connectivity index (χ3n) is 12.7. The average molecular weight is 977 g/mol. The fraction of sp³-hybridized carbons (Fsp3) is 0.814. The second kappa shape index (κ2) is 50.2. The van der Waals surface area contributed by atoms with Crippen molar-refractivity contribution in [3.63, 3.8) is 0 Å². The van der Waals surface area contributed by atoms with Gasteiger partial charge in [-0.3, -0.25) is 13.8 Å². The number of unbranched alkanes of at least 4 members (excludes halogenated alkanes) is 31. The summed E-state index contributed by atoms with van der Waals surface area (Å²) in [6.07, 6.45) is 67.6. The van der Waals surface area contributed by atoms with Crippen LogP contribution in [-0.4, -0.2) is 73.4 Å². The van der Waals surface area contributed by atoms with Crippen molar-refractivity contribution in [1.29, 1.82) is 0 Å². The molecule has 0 heterocycles. The number of nitrogens with one attached hydrogen (secondary N) is 1. The number of carbonyl (C=O) groups excluding carboxylic acids is 1. The number of likely N-dealkylation sites (N-methyl/N-ethyl adjacent to an activating group) is 1. The van der Waals surface area contributed by atoms with Gasteiger partial charge in [-0.15, -0.1) is 0 Å². The summed E-state index contributed by atoms with van der Waals surface area (Å²) in [5, 5.41) is 13.9. The molecule has 0 spiro atoms. The van der Waals surface area contributed by atoms with Crippen molar-refractivity contribution in [1.82, 2.24) is 5.32 Å². The highest BCUT2D eigenvalue weighted by Gasteiger charge is 2.27. The molecule has 0 saturated carbocycles. The maximum Gasteiger partial charge on any atom is 0.472 e. The van der Waals surface area contributed by atoms with E-state index in [1.165, 1.54) is 186 Å². The summed E-state index contributed by atoms with van der Waals surface area (Å²) in [7, 11) is 1.55. The quantitative estimate of drug-likeness (QED) is 0.0243. The molecule has 0 rings (SSSR count). The van der Waals surface area contributed by atoms with Gasteiger partial charge in [-0.05, 0) is 77.0 Å². The van der Waals surface area contributed by atoms with Gasteiger partial charge < -0.3 is 19.8 Å². The molecule has 0 aliphatic rings. The van der Waals surface area contributed by atoms with Crippen LogP contribution >= 0.6 is 7.82 Å². The highest BCUT2D eigenvalue weighted by Crippen LogP contribution is 2.43. The Morgan fingerprint density at radius 3 is 1.26 bits per heavy atom. The lowest BCUT2D eigenvalue weighted by atomic mass is 10.0. The number of hydrogen-bond acceptors (Lipinski definition) is 5. The van der Waals surface area contributed by atoms with E-state index in [1.807, 2.05) is 27.2 Å². The highest BCUT2D eigenvalue weighted by atomic mass is 31.2. The highest BCUT2D eigenvalue weighted by molar-refractivity contribution is 7.47. The molecule has 1 amide bonds. The van der Waals surface area contributed by atoms with Gasteiger partial charge in [0.15, 0.2) is 0 Å². The van der Waals surface area contributed by atoms with Gasteiger partial charge in [-0.1, -0.05) is 235 Å². The fourth-order valence-corrected chi connectivity index (χ4v) is 8.90. The Morgan fingerprint density at radius 1 is 0.500 bits per heavy atom. The number of allylic oxidation sites excluding steroid dienone is 9. The van der Waals surface area contributed by atoms with Gasteiger partial charge in [0.05, 0.1) is 39.9 Å². The van der Waals surface area contributed by atoms with E-state index in [0.717, 1.165) is 51.4 Å². The van der Waals surface area contributed by atoms with Crippen LogP contribution in [0.3, 0.4) is 0 Å². The summed E-state index contributed by atoms with van der Waals surface area (Å²) in [4.78, 5) is 23.3. The van der Waals surface area contributed by atoms with Crippen LogP contribution in [0.15, 0.2) is 60.8 Å². The topological polar surface area (TPSA) is 105 Å². The lowest BCUT2D eigenvalue weighted by molar-refractivity contribution is -0.870. The van der Waals surface area contributed by atoms with Crippen LogP contribution in [0.4, 0.5) is 0 Å². The number of rotatable bonds is 52. The van der Waals surface area contributed by atoms with E-state index in [1.54, 1.807) is 6.08 Å². The van der Waals surface area contributed by atoms with Crippen molar-refractivity contribution in [3.05, 3.63) is 60.8 Å². The Labute approximate surface area is 422 Å². The summed E-state index contributed by atoms with van der Waals surface area (Å²) in [6.45, 7) is 4.78. The maximum absolute atomic E-state index is 13.0.